The first kappa shape index (κ1) is 21.3. The molecule has 2 aromatic rings. The number of sulfonamides is 1. The molecule has 1 aromatic carbocycles. The van der Waals surface area contributed by atoms with Gasteiger partial charge in [-0.1, -0.05) is 6.42 Å². The first-order chi connectivity index (χ1) is 14.2. The van der Waals surface area contributed by atoms with Crippen LogP contribution in [0.2, 0.25) is 0 Å². The number of amides is 1. The van der Waals surface area contributed by atoms with Gasteiger partial charge in [0.05, 0.1) is 18.0 Å². The minimum absolute atomic E-state index is 0.0192. The standard InChI is InChI=1S/C20H23F2N3O3S2/c1-30(27,28)24-17-5-6-25(20(26)12-3-2-4-12)18(17)10-16-11-29-19(23-16)13-7-14(21)9-15(22)8-13/h7-9,11-12,17-18,24H,2-6,10H2,1H3. The molecule has 2 aliphatic rings. The minimum Gasteiger partial charge on any atom is -0.337 e. The smallest absolute Gasteiger partial charge is 0.225 e. The van der Waals surface area contributed by atoms with Crippen molar-refractivity contribution in [3.63, 3.8) is 0 Å². The van der Waals surface area contributed by atoms with Crippen LogP contribution in [0.1, 0.15) is 31.4 Å². The maximum absolute atomic E-state index is 13.5. The van der Waals surface area contributed by atoms with Crippen LogP contribution in [0.25, 0.3) is 10.6 Å². The van der Waals surface area contributed by atoms with Gasteiger partial charge in [0.1, 0.15) is 16.6 Å². The third kappa shape index (κ3) is 4.70. The summed E-state index contributed by atoms with van der Waals surface area (Å²) >= 11 is 1.26. The second kappa shape index (κ2) is 8.32. The molecule has 4 rings (SSSR count). The van der Waals surface area contributed by atoms with Crippen molar-refractivity contribution >= 4 is 27.3 Å². The number of nitrogens with one attached hydrogen (secondary N) is 1. The van der Waals surface area contributed by atoms with E-state index in [0.29, 0.717) is 35.7 Å². The predicted molar refractivity (Wildman–Crippen MR) is 110 cm³/mol. The van der Waals surface area contributed by atoms with E-state index in [-0.39, 0.29) is 23.9 Å². The van der Waals surface area contributed by atoms with Gasteiger partial charge >= 0.3 is 0 Å². The number of carbonyl (C=O) groups is 1. The molecule has 1 saturated carbocycles. The molecule has 1 aliphatic heterocycles. The number of aromatic nitrogens is 1. The van der Waals surface area contributed by atoms with Crippen LogP contribution in [0.3, 0.4) is 0 Å². The number of thiazole rings is 1. The van der Waals surface area contributed by atoms with Crippen LogP contribution in [-0.4, -0.2) is 49.1 Å². The number of halogens is 2. The number of hydrogen-bond donors (Lipinski definition) is 1. The molecule has 2 atom stereocenters. The molecule has 0 radical (unpaired) electrons. The fourth-order valence-corrected chi connectivity index (χ4v) is 5.75. The van der Waals surface area contributed by atoms with Gasteiger partial charge in [0.25, 0.3) is 0 Å². The summed E-state index contributed by atoms with van der Waals surface area (Å²) in [7, 11) is -3.43. The number of rotatable bonds is 6. The van der Waals surface area contributed by atoms with Gasteiger partial charge in [-0.2, -0.15) is 0 Å². The Kier molecular flexibility index (Phi) is 5.91. The van der Waals surface area contributed by atoms with Crippen LogP contribution in [0.5, 0.6) is 0 Å². The molecule has 30 heavy (non-hydrogen) atoms. The lowest BCUT2D eigenvalue weighted by molar-refractivity contribution is -0.139. The van der Waals surface area contributed by atoms with Crippen molar-refractivity contribution < 1.29 is 22.0 Å². The summed E-state index contributed by atoms with van der Waals surface area (Å²) in [6.45, 7) is 0.499. The molecular weight excluding hydrogens is 432 g/mol. The lowest BCUT2D eigenvalue weighted by atomic mass is 9.84. The van der Waals surface area contributed by atoms with Crippen molar-refractivity contribution in [3.8, 4) is 10.6 Å². The molecule has 1 N–H and O–H groups in total. The Balaban J connectivity index is 1.57. The highest BCUT2D eigenvalue weighted by Gasteiger charge is 2.41. The quantitative estimate of drug-likeness (QED) is 0.726. The van der Waals surface area contributed by atoms with E-state index in [4.69, 9.17) is 0 Å². The summed E-state index contributed by atoms with van der Waals surface area (Å²) in [4.78, 5) is 19.2. The summed E-state index contributed by atoms with van der Waals surface area (Å²) in [5, 5.41) is 2.27. The van der Waals surface area contributed by atoms with Gasteiger partial charge in [-0.25, -0.2) is 26.9 Å². The maximum atomic E-state index is 13.5. The van der Waals surface area contributed by atoms with E-state index in [2.05, 4.69) is 9.71 Å². The van der Waals surface area contributed by atoms with E-state index >= 15 is 0 Å². The Morgan fingerprint density at radius 1 is 1.23 bits per heavy atom. The van der Waals surface area contributed by atoms with Crippen molar-refractivity contribution in [1.82, 2.24) is 14.6 Å². The van der Waals surface area contributed by atoms with Gasteiger partial charge in [0, 0.05) is 41.9 Å². The zero-order valence-corrected chi connectivity index (χ0v) is 18.1. The zero-order chi connectivity index (χ0) is 21.5. The molecule has 1 saturated heterocycles. The summed E-state index contributed by atoms with van der Waals surface area (Å²) < 4.78 is 53.4. The predicted octanol–water partition coefficient (Wildman–Crippen LogP) is 2.95. The van der Waals surface area contributed by atoms with Crippen LogP contribution in [-0.2, 0) is 21.2 Å². The van der Waals surface area contributed by atoms with Crippen LogP contribution in [0.4, 0.5) is 8.78 Å². The Morgan fingerprint density at radius 3 is 2.53 bits per heavy atom. The highest BCUT2D eigenvalue weighted by atomic mass is 32.2. The number of likely N-dealkylation sites (tertiary alicyclic amines) is 1. The van der Waals surface area contributed by atoms with E-state index in [9.17, 15) is 22.0 Å². The number of carbonyl (C=O) groups excluding carboxylic acids is 1. The summed E-state index contributed by atoms with van der Waals surface area (Å²) in [6, 6.07) is 2.53. The molecule has 6 nitrogen and oxygen atoms in total. The molecule has 0 bridgehead atoms. The van der Waals surface area contributed by atoms with E-state index in [1.165, 1.54) is 23.5 Å². The lowest BCUT2D eigenvalue weighted by Gasteiger charge is -2.34. The molecule has 2 unspecified atom stereocenters. The average molecular weight is 456 g/mol. The molecular formula is C20H23F2N3O3S2. The van der Waals surface area contributed by atoms with Crippen LogP contribution in [0, 0.1) is 17.6 Å². The molecule has 1 amide bonds. The molecule has 2 fully saturated rings. The molecule has 0 spiro atoms. The summed E-state index contributed by atoms with van der Waals surface area (Å²) in [6.07, 6.45) is 4.82. The van der Waals surface area contributed by atoms with Gasteiger partial charge in [0.2, 0.25) is 15.9 Å². The average Bonchev–Trinajstić information content (AvgIpc) is 3.19. The van der Waals surface area contributed by atoms with Crippen LogP contribution in [0.15, 0.2) is 23.6 Å². The van der Waals surface area contributed by atoms with Gasteiger partial charge in [-0.3, -0.25) is 4.79 Å². The van der Waals surface area contributed by atoms with E-state index in [0.717, 1.165) is 31.6 Å². The summed E-state index contributed by atoms with van der Waals surface area (Å²) in [5.74, 6) is -1.25. The third-order valence-electron chi connectivity index (χ3n) is 5.73. The van der Waals surface area contributed by atoms with Crippen molar-refractivity contribution in [2.75, 3.05) is 12.8 Å². The second-order valence-corrected chi connectivity index (χ2v) is 10.7. The Hall–Kier alpha value is -1.91. The van der Waals surface area contributed by atoms with E-state index in [1.54, 1.807) is 10.3 Å². The number of benzene rings is 1. The molecule has 162 valence electrons. The SMILES string of the molecule is CS(=O)(=O)NC1CCN(C(=O)C2CCC2)C1Cc1csc(-c2cc(F)cc(F)c2)n1. The molecule has 1 aromatic heterocycles. The Bertz CT molecular complexity index is 1030. The fourth-order valence-electron chi connectivity index (χ4n) is 4.11. The first-order valence-electron chi connectivity index (χ1n) is 9.88. The number of nitrogens with zero attached hydrogens (tertiary/aromatic N) is 2. The Morgan fingerprint density at radius 2 is 1.93 bits per heavy atom. The minimum atomic E-state index is -3.43. The second-order valence-electron chi connectivity index (χ2n) is 8.02. The van der Waals surface area contributed by atoms with Gasteiger partial charge < -0.3 is 4.90 Å². The van der Waals surface area contributed by atoms with Gasteiger partial charge in [-0.05, 0) is 31.4 Å². The van der Waals surface area contributed by atoms with Gasteiger partial charge in [-0.15, -0.1) is 11.3 Å². The maximum Gasteiger partial charge on any atom is 0.225 e. The summed E-state index contributed by atoms with van der Waals surface area (Å²) in [5.41, 5.74) is 1.02. The monoisotopic (exact) mass is 455 g/mol. The highest BCUT2D eigenvalue weighted by molar-refractivity contribution is 7.88. The topological polar surface area (TPSA) is 79.4 Å². The molecule has 2 heterocycles. The van der Waals surface area contributed by atoms with Crippen molar-refractivity contribution in [2.24, 2.45) is 5.92 Å². The Labute approximate surface area is 178 Å². The lowest BCUT2D eigenvalue weighted by Crippen LogP contribution is -2.49. The fraction of sp³-hybridized carbons (Fsp3) is 0.500. The molecule has 10 heteroatoms. The van der Waals surface area contributed by atoms with Gasteiger partial charge in [0.15, 0.2) is 0 Å². The van der Waals surface area contributed by atoms with E-state index in [1.807, 2.05) is 0 Å². The highest BCUT2D eigenvalue weighted by Crippen LogP contribution is 2.33. The normalized spacial score (nSPS) is 22.3. The first-order valence-corrected chi connectivity index (χ1v) is 12.7. The van der Waals surface area contributed by atoms with Crippen molar-refractivity contribution in [3.05, 3.63) is 40.9 Å². The third-order valence-corrected chi connectivity index (χ3v) is 7.40. The van der Waals surface area contributed by atoms with Crippen molar-refractivity contribution in [2.45, 2.75) is 44.2 Å². The number of hydrogen-bond acceptors (Lipinski definition) is 5. The zero-order valence-electron chi connectivity index (χ0n) is 16.5. The van der Waals surface area contributed by atoms with Crippen molar-refractivity contribution in [1.29, 1.82) is 0 Å². The largest absolute Gasteiger partial charge is 0.337 e. The molecule has 1 aliphatic carbocycles. The van der Waals surface area contributed by atoms with Crippen LogP contribution >= 0.6 is 11.3 Å². The van der Waals surface area contributed by atoms with E-state index < -0.39 is 21.7 Å². The van der Waals surface area contributed by atoms with Crippen LogP contribution < -0.4 is 4.72 Å².